The van der Waals surface area contributed by atoms with Crippen molar-refractivity contribution in [1.82, 2.24) is 0 Å². The lowest BCUT2D eigenvalue weighted by atomic mass is 10.2. The smallest absolute Gasteiger partial charge is 0.255 e. The lowest BCUT2D eigenvalue weighted by Gasteiger charge is -2.08. The average Bonchev–Trinajstić information content (AvgIpc) is 2.75. The first-order valence-electron chi connectivity index (χ1n) is 9.35. The Morgan fingerprint density at radius 3 is 2.17 bits per heavy atom. The fourth-order valence-electron chi connectivity index (χ4n) is 2.62. The third-order valence-electron chi connectivity index (χ3n) is 4.07. The molecule has 0 heterocycles. The van der Waals surface area contributed by atoms with Crippen LogP contribution in [0.2, 0.25) is 0 Å². The minimum atomic E-state index is -3.67. The Morgan fingerprint density at radius 2 is 1.53 bits per heavy atom. The Kier molecular flexibility index (Phi) is 6.87. The van der Waals surface area contributed by atoms with E-state index in [4.69, 9.17) is 4.74 Å². The van der Waals surface area contributed by atoms with Gasteiger partial charge in [0.25, 0.3) is 15.9 Å². The number of amides is 1. The second-order valence-electron chi connectivity index (χ2n) is 6.35. The van der Waals surface area contributed by atoms with Crippen LogP contribution in [0.4, 0.5) is 11.4 Å². The summed E-state index contributed by atoms with van der Waals surface area (Å²) < 4.78 is 32.3. The summed E-state index contributed by atoms with van der Waals surface area (Å²) in [5.74, 6) is 0.436. The number of hydrogen-bond acceptors (Lipinski definition) is 4. The van der Waals surface area contributed by atoms with Crippen molar-refractivity contribution >= 4 is 33.4 Å². The highest BCUT2D eigenvalue weighted by Gasteiger charge is 2.09. The van der Waals surface area contributed by atoms with E-state index in [0.717, 1.165) is 16.7 Å². The van der Waals surface area contributed by atoms with Crippen LogP contribution in [0.3, 0.4) is 0 Å². The summed E-state index contributed by atoms with van der Waals surface area (Å²) in [4.78, 5) is 12.4. The molecule has 3 aromatic rings. The fourth-order valence-corrected chi connectivity index (χ4v) is 3.49. The van der Waals surface area contributed by atoms with Crippen LogP contribution in [0.25, 0.3) is 6.08 Å². The molecule has 0 radical (unpaired) electrons. The van der Waals surface area contributed by atoms with Crippen molar-refractivity contribution in [1.29, 1.82) is 0 Å². The van der Waals surface area contributed by atoms with E-state index < -0.39 is 10.0 Å². The quantitative estimate of drug-likeness (QED) is 0.549. The van der Waals surface area contributed by atoms with E-state index in [0.29, 0.717) is 23.5 Å². The molecule has 0 aliphatic rings. The normalized spacial score (nSPS) is 11.2. The zero-order valence-electron chi connectivity index (χ0n) is 16.4. The Bertz CT molecular complexity index is 1110. The van der Waals surface area contributed by atoms with Crippen LogP contribution in [-0.4, -0.2) is 20.9 Å². The molecular weight excluding hydrogens is 400 g/mol. The summed E-state index contributed by atoms with van der Waals surface area (Å²) in [6.07, 6.45) is 1.51. The van der Waals surface area contributed by atoms with E-state index in [1.54, 1.807) is 48.5 Å². The average molecular weight is 423 g/mol. The van der Waals surface area contributed by atoms with E-state index in [-0.39, 0.29) is 5.91 Å². The first kappa shape index (κ1) is 21.1. The van der Waals surface area contributed by atoms with Gasteiger partial charge in [0.05, 0.1) is 12.0 Å². The van der Waals surface area contributed by atoms with Gasteiger partial charge in [-0.3, -0.25) is 9.52 Å². The maximum Gasteiger partial charge on any atom is 0.255 e. The first-order valence-corrected chi connectivity index (χ1v) is 10.9. The fraction of sp³-hybridized carbons (Fsp3) is 0.0870. The Hall–Kier alpha value is -3.58. The van der Waals surface area contributed by atoms with Gasteiger partial charge in [0, 0.05) is 16.9 Å². The Balaban J connectivity index is 1.61. The Labute approximate surface area is 176 Å². The summed E-state index contributed by atoms with van der Waals surface area (Å²) in [6.45, 7) is 2.48. The van der Waals surface area contributed by atoms with Gasteiger partial charge >= 0.3 is 0 Å². The molecule has 30 heavy (non-hydrogen) atoms. The molecule has 0 aliphatic carbocycles. The lowest BCUT2D eigenvalue weighted by molar-refractivity contribution is 0.102. The molecule has 1 amide bonds. The van der Waals surface area contributed by atoms with Crippen LogP contribution in [0.1, 0.15) is 22.8 Å². The number of sulfonamides is 1. The summed E-state index contributed by atoms with van der Waals surface area (Å²) in [7, 11) is -3.67. The maximum absolute atomic E-state index is 12.4. The topological polar surface area (TPSA) is 84.5 Å². The van der Waals surface area contributed by atoms with Crippen LogP contribution in [0.15, 0.2) is 84.3 Å². The molecule has 0 bridgehead atoms. The number of rotatable bonds is 8. The van der Waals surface area contributed by atoms with Crippen LogP contribution >= 0.6 is 0 Å². The van der Waals surface area contributed by atoms with E-state index >= 15 is 0 Å². The van der Waals surface area contributed by atoms with Crippen LogP contribution in [0.5, 0.6) is 5.75 Å². The van der Waals surface area contributed by atoms with E-state index in [1.165, 1.54) is 6.08 Å². The molecule has 3 aromatic carbocycles. The predicted molar refractivity (Wildman–Crippen MR) is 120 cm³/mol. The van der Waals surface area contributed by atoms with Crippen molar-refractivity contribution in [3.8, 4) is 5.75 Å². The highest BCUT2D eigenvalue weighted by atomic mass is 32.2. The van der Waals surface area contributed by atoms with Gasteiger partial charge in [-0.2, -0.15) is 0 Å². The largest absolute Gasteiger partial charge is 0.494 e. The van der Waals surface area contributed by atoms with Gasteiger partial charge in [0.2, 0.25) is 0 Å². The SMILES string of the molecule is CCOc1ccc(NC(=O)c2ccc(NS(=O)(=O)/C=C/c3ccccc3)cc2)cc1. The second kappa shape index (κ2) is 9.76. The summed E-state index contributed by atoms with van der Waals surface area (Å²) >= 11 is 0. The molecule has 0 unspecified atom stereocenters. The zero-order chi connectivity index (χ0) is 21.4. The monoisotopic (exact) mass is 422 g/mol. The highest BCUT2D eigenvalue weighted by molar-refractivity contribution is 7.95. The second-order valence-corrected chi connectivity index (χ2v) is 7.92. The van der Waals surface area contributed by atoms with Crippen molar-refractivity contribution in [2.45, 2.75) is 6.92 Å². The minimum Gasteiger partial charge on any atom is -0.494 e. The third kappa shape index (κ3) is 6.22. The molecule has 0 atom stereocenters. The van der Waals surface area contributed by atoms with Gasteiger partial charge in [-0.15, -0.1) is 0 Å². The van der Waals surface area contributed by atoms with Gasteiger partial charge in [-0.25, -0.2) is 8.42 Å². The molecule has 3 rings (SSSR count). The van der Waals surface area contributed by atoms with E-state index in [1.807, 2.05) is 37.3 Å². The lowest BCUT2D eigenvalue weighted by Crippen LogP contribution is -2.12. The predicted octanol–water partition coefficient (Wildman–Crippen LogP) is 4.75. The summed E-state index contributed by atoms with van der Waals surface area (Å²) in [5.41, 5.74) is 2.19. The number of ether oxygens (including phenoxy) is 1. The number of anilines is 2. The number of benzene rings is 3. The number of hydrogen-bond donors (Lipinski definition) is 2. The van der Waals surface area contributed by atoms with Crippen LogP contribution < -0.4 is 14.8 Å². The maximum atomic E-state index is 12.4. The standard InChI is InChI=1S/C23H22N2O4S/c1-2-29-22-14-12-20(13-15-22)24-23(26)19-8-10-21(11-9-19)25-30(27,28)17-16-18-6-4-3-5-7-18/h3-17,25H,2H2,1H3,(H,24,26)/b17-16+. The number of carbonyl (C=O) groups is 1. The van der Waals surface area contributed by atoms with Gasteiger partial charge in [-0.1, -0.05) is 30.3 Å². The van der Waals surface area contributed by atoms with E-state index in [2.05, 4.69) is 10.0 Å². The van der Waals surface area contributed by atoms with Gasteiger partial charge in [0.15, 0.2) is 0 Å². The van der Waals surface area contributed by atoms with Gasteiger partial charge < -0.3 is 10.1 Å². The minimum absolute atomic E-state index is 0.294. The summed E-state index contributed by atoms with van der Waals surface area (Å²) in [6, 6.07) is 22.4. The van der Waals surface area contributed by atoms with Crippen molar-refractivity contribution in [2.24, 2.45) is 0 Å². The van der Waals surface area contributed by atoms with Crippen molar-refractivity contribution in [3.05, 3.63) is 95.4 Å². The molecule has 0 spiro atoms. The highest BCUT2D eigenvalue weighted by Crippen LogP contribution is 2.18. The van der Waals surface area contributed by atoms with Gasteiger partial charge in [0.1, 0.15) is 5.75 Å². The molecule has 0 aromatic heterocycles. The molecule has 6 nitrogen and oxygen atoms in total. The van der Waals surface area contributed by atoms with E-state index in [9.17, 15) is 13.2 Å². The van der Waals surface area contributed by atoms with Crippen molar-refractivity contribution < 1.29 is 17.9 Å². The first-order chi connectivity index (χ1) is 14.4. The number of carbonyl (C=O) groups excluding carboxylic acids is 1. The molecule has 7 heteroatoms. The summed E-state index contributed by atoms with van der Waals surface area (Å²) in [5, 5.41) is 3.90. The number of nitrogens with one attached hydrogen (secondary N) is 2. The molecule has 0 fully saturated rings. The van der Waals surface area contributed by atoms with Crippen molar-refractivity contribution in [3.63, 3.8) is 0 Å². The molecule has 2 N–H and O–H groups in total. The van der Waals surface area contributed by atoms with Crippen molar-refractivity contribution in [2.75, 3.05) is 16.6 Å². The molecular formula is C23H22N2O4S. The van der Waals surface area contributed by atoms with Gasteiger partial charge in [-0.05, 0) is 67.1 Å². The molecule has 0 saturated heterocycles. The van der Waals surface area contributed by atoms with Crippen LogP contribution in [-0.2, 0) is 10.0 Å². The molecule has 0 aliphatic heterocycles. The third-order valence-corrected chi connectivity index (χ3v) is 5.08. The Morgan fingerprint density at radius 1 is 0.900 bits per heavy atom. The van der Waals surface area contributed by atoms with Crippen LogP contribution in [0, 0.1) is 0 Å². The molecule has 0 saturated carbocycles. The zero-order valence-corrected chi connectivity index (χ0v) is 17.2. The molecule has 154 valence electrons.